The molecule has 1 unspecified atom stereocenters. The highest BCUT2D eigenvalue weighted by molar-refractivity contribution is 5.79. The Kier molecular flexibility index (Phi) is 11.3. The third-order valence-corrected chi connectivity index (χ3v) is 5.01. The second kappa shape index (κ2) is 12.9. The number of allylic oxidation sites excluding steroid dienone is 6. The molecule has 0 radical (unpaired) electrons. The van der Waals surface area contributed by atoms with Crippen LogP contribution in [0.3, 0.4) is 0 Å². The standard InChI is InChI=1S/C23H40N2O/c1-19(2)9-6-10-20(3)11-7-12-21-13-15-22(16-14-21)23(26)24-17-8-18-25(4)5/h9,11,13,22H,6-8,10,12,14-18H2,1-5H3,(H,24,26)/b20-11+. The van der Waals surface area contributed by atoms with Crippen molar-refractivity contribution in [2.24, 2.45) is 5.92 Å². The smallest absolute Gasteiger partial charge is 0.223 e. The SMILES string of the molecule is CC(C)=CCC/C(C)=C/CCC1=CCC(C(=O)NCCCN(C)C)CC1. The Morgan fingerprint density at radius 3 is 2.62 bits per heavy atom. The lowest BCUT2D eigenvalue weighted by Gasteiger charge is -2.21. The van der Waals surface area contributed by atoms with Gasteiger partial charge in [-0.2, -0.15) is 0 Å². The summed E-state index contributed by atoms with van der Waals surface area (Å²) in [7, 11) is 4.13. The predicted octanol–water partition coefficient (Wildman–Crippen LogP) is 5.25. The summed E-state index contributed by atoms with van der Waals surface area (Å²) < 4.78 is 0. The fraction of sp³-hybridized carbons (Fsp3) is 0.696. The molecule has 1 N–H and O–H groups in total. The maximum atomic E-state index is 12.2. The van der Waals surface area contributed by atoms with E-state index in [4.69, 9.17) is 0 Å². The van der Waals surface area contributed by atoms with Gasteiger partial charge in [0.05, 0.1) is 0 Å². The minimum atomic E-state index is 0.180. The number of hydrogen-bond acceptors (Lipinski definition) is 2. The minimum absolute atomic E-state index is 0.180. The van der Waals surface area contributed by atoms with E-state index in [-0.39, 0.29) is 11.8 Å². The van der Waals surface area contributed by atoms with Gasteiger partial charge in [0.25, 0.3) is 0 Å². The molecule has 0 saturated carbocycles. The van der Waals surface area contributed by atoms with E-state index in [1.54, 1.807) is 0 Å². The van der Waals surface area contributed by atoms with E-state index < -0.39 is 0 Å². The molecular formula is C23H40N2O. The van der Waals surface area contributed by atoms with Crippen molar-refractivity contribution < 1.29 is 4.79 Å². The van der Waals surface area contributed by atoms with Crippen molar-refractivity contribution in [1.29, 1.82) is 0 Å². The molecule has 0 heterocycles. The molecule has 1 atom stereocenters. The first-order valence-corrected chi connectivity index (χ1v) is 10.3. The van der Waals surface area contributed by atoms with Crippen LogP contribution in [0.15, 0.2) is 34.9 Å². The van der Waals surface area contributed by atoms with Crippen molar-refractivity contribution in [2.75, 3.05) is 27.2 Å². The van der Waals surface area contributed by atoms with Crippen molar-refractivity contribution in [3.63, 3.8) is 0 Å². The van der Waals surface area contributed by atoms with Crippen molar-refractivity contribution in [3.8, 4) is 0 Å². The van der Waals surface area contributed by atoms with Crippen LogP contribution in [0.5, 0.6) is 0 Å². The molecule has 3 heteroatoms. The number of hydrogen-bond donors (Lipinski definition) is 1. The molecular weight excluding hydrogens is 320 g/mol. The largest absolute Gasteiger partial charge is 0.356 e. The molecule has 0 aliphatic heterocycles. The third-order valence-electron chi connectivity index (χ3n) is 5.01. The monoisotopic (exact) mass is 360 g/mol. The van der Waals surface area contributed by atoms with Crippen LogP contribution in [0, 0.1) is 5.92 Å². The zero-order chi connectivity index (χ0) is 19.4. The quantitative estimate of drug-likeness (QED) is 0.403. The van der Waals surface area contributed by atoms with E-state index in [1.165, 1.54) is 23.1 Å². The Morgan fingerprint density at radius 1 is 1.23 bits per heavy atom. The van der Waals surface area contributed by atoms with Crippen LogP contribution >= 0.6 is 0 Å². The molecule has 0 bridgehead atoms. The summed E-state index contributed by atoms with van der Waals surface area (Å²) in [5, 5.41) is 3.10. The van der Waals surface area contributed by atoms with Gasteiger partial charge < -0.3 is 10.2 Å². The summed E-state index contributed by atoms with van der Waals surface area (Å²) in [5.74, 6) is 0.425. The molecule has 0 aromatic heterocycles. The van der Waals surface area contributed by atoms with Gasteiger partial charge in [0, 0.05) is 12.5 Å². The van der Waals surface area contributed by atoms with Crippen LogP contribution in [0.4, 0.5) is 0 Å². The number of carbonyl (C=O) groups is 1. The summed E-state index contributed by atoms with van der Waals surface area (Å²) in [4.78, 5) is 14.4. The second-order valence-electron chi connectivity index (χ2n) is 8.19. The average molecular weight is 361 g/mol. The Labute approximate surface area is 161 Å². The van der Waals surface area contributed by atoms with Crippen LogP contribution in [0.25, 0.3) is 0 Å². The zero-order valence-corrected chi connectivity index (χ0v) is 17.7. The van der Waals surface area contributed by atoms with E-state index in [0.29, 0.717) is 0 Å². The van der Waals surface area contributed by atoms with E-state index >= 15 is 0 Å². The minimum Gasteiger partial charge on any atom is -0.356 e. The predicted molar refractivity (Wildman–Crippen MR) is 113 cm³/mol. The molecule has 0 spiro atoms. The van der Waals surface area contributed by atoms with Crippen molar-refractivity contribution in [3.05, 3.63) is 34.9 Å². The van der Waals surface area contributed by atoms with Crippen LogP contribution in [-0.2, 0) is 4.79 Å². The highest BCUT2D eigenvalue weighted by Gasteiger charge is 2.20. The molecule has 1 aliphatic rings. The van der Waals surface area contributed by atoms with E-state index in [2.05, 4.69) is 63.3 Å². The van der Waals surface area contributed by atoms with Crippen molar-refractivity contribution >= 4 is 5.91 Å². The van der Waals surface area contributed by atoms with Crippen LogP contribution < -0.4 is 5.32 Å². The van der Waals surface area contributed by atoms with Gasteiger partial charge in [0.15, 0.2) is 0 Å². The first-order chi connectivity index (χ1) is 12.4. The van der Waals surface area contributed by atoms with E-state index in [9.17, 15) is 4.79 Å². The van der Waals surface area contributed by atoms with Crippen LogP contribution in [0.1, 0.15) is 72.1 Å². The molecule has 1 rings (SSSR count). The summed E-state index contributed by atoms with van der Waals surface area (Å²) in [5.41, 5.74) is 4.44. The fourth-order valence-electron chi connectivity index (χ4n) is 3.30. The molecule has 148 valence electrons. The molecule has 0 aromatic carbocycles. The Morgan fingerprint density at radius 2 is 2.00 bits per heavy atom. The Balaban J connectivity index is 2.23. The van der Waals surface area contributed by atoms with Gasteiger partial charge in [-0.25, -0.2) is 0 Å². The molecule has 0 fully saturated rings. The molecule has 0 aromatic rings. The fourth-order valence-corrected chi connectivity index (χ4v) is 3.30. The van der Waals surface area contributed by atoms with Gasteiger partial charge >= 0.3 is 0 Å². The van der Waals surface area contributed by atoms with Crippen LogP contribution in [-0.4, -0.2) is 38.0 Å². The van der Waals surface area contributed by atoms with Gasteiger partial charge in [-0.3, -0.25) is 4.79 Å². The number of amides is 1. The molecule has 1 aliphatic carbocycles. The Hall–Kier alpha value is -1.35. The topological polar surface area (TPSA) is 32.3 Å². The Bertz CT molecular complexity index is 510. The highest BCUT2D eigenvalue weighted by atomic mass is 16.1. The van der Waals surface area contributed by atoms with Crippen molar-refractivity contribution in [2.45, 2.75) is 72.1 Å². The summed E-state index contributed by atoms with van der Waals surface area (Å²) >= 11 is 0. The lowest BCUT2D eigenvalue weighted by Crippen LogP contribution is -2.33. The lowest BCUT2D eigenvalue weighted by atomic mass is 9.87. The molecule has 0 saturated heterocycles. The number of rotatable bonds is 11. The summed E-state index contributed by atoms with van der Waals surface area (Å²) in [6.45, 7) is 8.37. The van der Waals surface area contributed by atoms with Gasteiger partial charge in [-0.15, -0.1) is 0 Å². The number of nitrogens with one attached hydrogen (secondary N) is 1. The highest BCUT2D eigenvalue weighted by Crippen LogP contribution is 2.26. The summed E-state index contributed by atoms with van der Waals surface area (Å²) in [6, 6.07) is 0. The third kappa shape index (κ3) is 10.6. The van der Waals surface area contributed by atoms with Crippen LogP contribution in [0.2, 0.25) is 0 Å². The first kappa shape index (κ1) is 22.7. The number of carbonyl (C=O) groups excluding carboxylic acids is 1. The number of nitrogens with zero attached hydrogens (tertiary/aromatic N) is 1. The second-order valence-corrected chi connectivity index (χ2v) is 8.19. The average Bonchev–Trinajstić information content (AvgIpc) is 2.58. The molecule has 26 heavy (non-hydrogen) atoms. The van der Waals surface area contributed by atoms with E-state index in [1.807, 2.05) is 0 Å². The van der Waals surface area contributed by atoms with Gasteiger partial charge in [-0.05, 0) is 92.8 Å². The molecule has 1 amide bonds. The first-order valence-electron chi connectivity index (χ1n) is 10.3. The maximum absolute atomic E-state index is 12.2. The van der Waals surface area contributed by atoms with Gasteiger partial charge in [0.1, 0.15) is 0 Å². The maximum Gasteiger partial charge on any atom is 0.223 e. The normalized spacial score (nSPS) is 17.8. The van der Waals surface area contributed by atoms with Gasteiger partial charge in [-0.1, -0.05) is 34.9 Å². The van der Waals surface area contributed by atoms with E-state index in [0.717, 1.165) is 58.0 Å². The van der Waals surface area contributed by atoms with Crippen molar-refractivity contribution in [1.82, 2.24) is 10.2 Å². The zero-order valence-electron chi connectivity index (χ0n) is 17.7. The van der Waals surface area contributed by atoms with Gasteiger partial charge in [0.2, 0.25) is 5.91 Å². The summed E-state index contributed by atoms with van der Waals surface area (Å²) in [6.07, 6.45) is 15.7. The lowest BCUT2D eigenvalue weighted by molar-refractivity contribution is -0.125. The molecule has 3 nitrogen and oxygen atoms in total.